The number of nitro groups is 1. The number of hydrogen-bond donors (Lipinski definition) is 2. The minimum absolute atomic E-state index is 0.127. The molecule has 0 aliphatic rings. The van der Waals surface area contributed by atoms with E-state index in [2.05, 4.69) is 0 Å². The van der Waals surface area contributed by atoms with Crippen LogP contribution in [0.25, 0.3) is 6.08 Å². The van der Waals surface area contributed by atoms with Crippen LogP contribution >= 0.6 is 0 Å². The molecule has 0 fully saturated rings. The van der Waals surface area contributed by atoms with Gasteiger partial charge in [-0.2, -0.15) is 0 Å². The lowest BCUT2D eigenvalue weighted by Crippen LogP contribution is -2.20. The Bertz CT molecular complexity index is 552. The third kappa shape index (κ3) is 4.46. The highest BCUT2D eigenvalue weighted by Gasteiger charge is 2.11. The minimum Gasteiger partial charge on any atom is -0.483 e. The first-order chi connectivity index (χ1) is 8.90. The lowest BCUT2D eigenvalue weighted by Gasteiger charge is -2.07. The van der Waals surface area contributed by atoms with Crippen molar-refractivity contribution in [1.29, 1.82) is 0 Å². The molecule has 1 rings (SSSR count). The van der Waals surface area contributed by atoms with Crippen molar-refractivity contribution in [3.8, 4) is 5.75 Å². The van der Waals surface area contributed by atoms with Crippen LogP contribution in [0.4, 0.5) is 5.69 Å². The third-order valence-electron chi connectivity index (χ3n) is 1.98. The van der Waals surface area contributed by atoms with E-state index in [1.54, 1.807) is 0 Å². The Morgan fingerprint density at radius 1 is 1.47 bits per heavy atom. The van der Waals surface area contributed by atoms with Gasteiger partial charge in [-0.3, -0.25) is 14.9 Å². The molecule has 0 aliphatic carbocycles. The number of amides is 1. The van der Waals surface area contributed by atoms with Crippen LogP contribution in [-0.4, -0.2) is 28.5 Å². The number of aliphatic carboxylic acids is 1. The molecule has 0 unspecified atom stereocenters. The first kappa shape index (κ1) is 14.2. The second kappa shape index (κ2) is 6.15. The fraction of sp³-hybridized carbons (Fsp3) is 0.0909. The topological polar surface area (TPSA) is 133 Å². The van der Waals surface area contributed by atoms with Gasteiger partial charge in [0.25, 0.3) is 11.6 Å². The maximum atomic E-state index is 10.6. The number of ether oxygens (including phenoxy) is 1. The van der Waals surface area contributed by atoms with Crippen molar-refractivity contribution in [3.05, 3.63) is 40.0 Å². The number of benzene rings is 1. The van der Waals surface area contributed by atoms with Gasteiger partial charge in [-0.05, 0) is 12.1 Å². The summed E-state index contributed by atoms with van der Waals surface area (Å²) in [5, 5.41) is 19.1. The van der Waals surface area contributed by atoms with Gasteiger partial charge < -0.3 is 15.6 Å². The molecule has 0 saturated heterocycles. The molecule has 0 bridgehead atoms. The van der Waals surface area contributed by atoms with Gasteiger partial charge in [0.05, 0.1) is 4.92 Å². The highest BCUT2D eigenvalue weighted by Crippen LogP contribution is 2.25. The highest BCUT2D eigenvalue weighted by molar-refractivity contribution is 5.86. The summed E-state index contributed by atoms with van der Waals surface area (Å²) in [5.41, 5.74) is 4.85. The Morgan fingerprint density at radius 3 is 2.68 bits per heavy atom. The largest absolute Gasteiger partial charge is 0.483 e. The van der Waals surface area contributed by atoms with E-state index in [-0.39, 0.29) is 17.0 Å². The fourth-order valence-electron chi connectivity index (χ4n) is 1.22. The van der Waals surface area contributed by atoms with Gasteiger partial charge >= 0.3 is 5.97 Å². The normalized spacial score (nSPS) is 10.3. The fourth-order valence-corrected chi connectivity index (χ4v) is 1.22. The first-order valence-electron chi connectivity index (χ1n) is 5.00. The highest BCUT2D eigenvalue weighted by atomic mass is 16.6. The van der Waals surface area contributed by atoms with E-state index in [1.165, 1.54) is 12.1 Å². The Morgan fingerprint density at radius 2 is 2.16 bits per heavy atom. The van der Waals surface area contributed by atoms with Crippen molar-refractivity contribution in [1.82, 2.24) is 0 Å². The Kier molecular flexibility index (Phi) is 4.58. The van der Waals surface area contributed by atoms with Crippen LogP contribution in [0.5, 0.6) is 5.75 Å². The number of rotatable bonds is 6. The van der Waals surface area contributed by atoms with E-state index in [0.29, 0.717) is 0 Å². The van der Waals surface area contributed by atoms with Crippen molar-refractivity contribution in [2.45, 2.75) is 0 Å². The Balaban J connectivity index is 3.10. The molecule has 0 saturated carbocycles. The molecule has 3 N–H and O–H groups in total. The van der Waals surface area contributed by atoms with Gasteiger partial charge in [0.1, 0.15) is 5.75 Å². The van der Waals surface area contributed by atoms with Crippen molar-refractivity contribution in [3.63, 3.8) is 0 Å². The standard InChI is InChI=1S/C11H10N2O6/c12-10(14)6-19-9-3-2-8(13(17)18)5-7(9)1-4-11(15)16/h1-5H,6H2,(H2,12,14)(H,15,16)/b4-1+. The first-order valence-corrected chi connectivity index (χ1v) is 5.00. The SMILES string of the molecule is NC(=O)COc1ccc([N+](=O)[O-])cc1/C=C/C(=O)O. The van der Waals surface area contributed by atoms with E-state index >= 15 is 0 Å². The maximum Gasteiger partial charge on any atom is 0.328 e. The lowest BCUT2D eigenvalue weighted by atomic mass is 10.1. The lowest BCUT2D eigenvalue weighted by molar-refractivity contribution is -0.384. The maximum absolute atomic E-state index is 10.6. The molecule has 0 spiro atoms. The number of carboxylic acids is 1. The van der Waals surface area contributed by atoms with Crippen LogP contribution < -0.4 is 10.5 Å². The molecule has 100 valence electrons. The van der Waals surface area contributed by atoms with E-state index in [0.717, 1.165) is 18.2 Å². The average molecular weight is 266 g/mol. The zero-order chi connectivity index (χ0) is 14.4. The number of nitrogens with zero attached hydrogens (tertiary/aromatic N) is 1. The molecule has 8 heteroatoms. The monoisotopic (exact) mass is 266 g/mol. The summed E-state index contributed by atoms with van der Waals surface area (Å²) in [6.07, 6.45) is 1.93. The summed E-state index contributed by atoms with van der Waals surface area (Å²) in [5.74, 6) is -1.80. The molecule has 1 amide bonds. The van der Waals surface area contributed by atoms with Gasteiger partial charge in [0.15, 0.2) is 6.61 Å². The van der Waals surface area contributed by atoms with E-state index in [1.807, 2.05) is 0 Å². The van der Waals surface area contributed by atoms with E-state index < -0.39 is 23.4 Å². The average Bonchev–Trinajstić information content (AvgIpc) is 2.33. The number of carbonyl (C=O) groups excluding carboxylic acids is 1. The van der Waals surface area contributed by atoms with Crippen LogP contribution in [-0.2, 0) is 9.59 Å². The Hall–Kier alpha value is -2.90. The van der Waals surface area contributed by atoms with Crippen LogP contribution in [0.2, 0.25) is 0 Å². The zero-order valence-corrected chi connectivity index (χ0v) is 9.61. The predicted octanol–water partition coefficient (Wildman–Crippen LogP) is 0.557. The van der Waals surface area contributed by atoms with Crippen molar-refractivity contribution in [2.24, 2.45) is 5.73 Å². The molecule has 8 nitrogen and oxygen atoms in total. The van der Waals surface area contributed by atoms with Gasteiger partial charge in [0.2, 0.25) is 0 Å². The molecular weight excluding hydrogens is 256 g/mol. The van der Waals surface area contributed by atoms with Gasteiger partial charge in [0, 0.05) is 23.8 Å². The molecular formula is C11H10N2O6. The number of carbonyl (C=O) groups is 2. The second-order valence-electron chi connectivity index (χ2n) is 3.41. The van der Waals surface area contributed by atoms with Crippen molar-refractivity contribution in [2.75, 3.05) is 6.61 Å². The summed E-state index contributed by atoms with van der Waals surface area (Å²) < 4.78 is 5.02. The molecule has 0 aromatic heterocycles. The van der Waals surface area contributed by atoms with Gasteiger partial charge in [-0.1, -0.05) is 0 Å². The number of hydrogen-bond acceptors (Lipinski definition) is 5. The minimum atomic E-state index is -1.22. The smallest absolute Gasteiger partial charge is 0.328 e. The quantitative estimate of drug-likeness (QED) is 0.439. The molecule has 0 heterocycles. The van der Waals surface area contributed by atoms with Crippen LogP contribution in [0.3, 0.4) is 0 Å². The molecule has 0 radical (unpaired) electrons. The summed E-state index contributed by atoms with van der Waals surface area (Å²) in [6, 6.07) is 3.58. The van der Waals surface area contributed by atoms with Crippen molar-refractivity contribution < 1.29 is 24.4 Å². The van der Waals surface area contributed by atoms with Crippen LogP contribution in [0.1, 0.15) is 5.56 Å². The van der Waals surface area contributed by atoms with E-state index in [4.69, 9.17) is 15.6 Å². The Labute approximate surface area is 107 Å². The second-order valence-corrected chi connectivity index (χ2v) is 3.41. The molecule has 0 atom stereocenters. The predicted molar refractivity (Wildman–Crippen MR) is 64.5 cm³/mol. The number of non-ortho nitro benzene ring substituents is 1. The zero-order valence-electron chi connectivity index (χ0n) is 9.61. The van der Waals surface area contributed by atoms with Gasteiger partial charge in [-0.25, -0.2) is 4.79 Å². The molecule has 19 heavy (non-hydrogen) atoms. The van der Waals surface area contributed by atoms with E-state index in [9.17, 15) is 19.7 Å². The van der Waals surface area contributed by atoms with Crippen molar-refractivity contribution >= 4 is 23.6 Å². The number of carboxylic acid groups (broad SMARTS) is 1. The summed E-state index contributed by atoms with van der Waals surface area (Å²) >= 11 is 0. The summed E-state index contributed by atoms with van der Waals surface area (Å²) in [7, 11) is 0. The molecule has 1 aromatic rings. The number of nitro benzene ring substituents is 1. The number of nitrogens with two attached hydrogens (primary N) is 1. The number of primary amides is 1. The van der Waals surface area contributed by atoms with Crippen LogP contribution in [0, 0.1) is 10.1 Å². The summed E-state index contributed by atoms with van der Waals surface area (Å²) in [4.78, 5) is 31.0. The summed E-state index contributed by atoms with van der Waals surface area (Å²) in [6.45, 7) is -0.411. The third-order valence-corrected chi connectivity index (χ3v) is 1.98. The van der Waals surface area contributed by atoms with Crippen LogP contribution in [0.15, 0.2) is 24.3 Å². The van der Waals surface area contributed by atoms with Gasteiger partial charge in [-0.15, -0.1) is 0 Å². The molecule has 0 aliphatic heterocycles. The molecule has 1 aromatic carbocycles.